The van der Waals surface area contributed by atoms with Crippen LogP contribution in [0.3, 0.4) is 0 Å². The molecule has 0 fully saturated rings. The fraction of sp³-hybridized carbons (Fsp3) is 0.467. The summed E-state index contributed by atoms with van der Waals surface area (Å²) in [6.07, 6.45) is 3.32. The molecule has 0 atom stereocenters. The fourth-order valence-electron chi connectivity index (χ4n) is 2.12. The third kappa shape index (κ3) is 3.18. The summed E-state index contributed by atoms with van der Waals surface area (Å²) in [5, 5.41) is 0. The number of fused-ring (bicyclic) bond motifs is 1. The summed E-state index contributed by atoms with van der Waals surface area (Å²) >= 11 is 1.90. The van der Waals surface area contributed by atoms with Gasteiger partial charge in [-0.25, -0.2) is 0 Å². The van der Waals surface area contributed by atoms with E-state index in [4.69, 9.17) is 0 Å². The molecule has 1 aliphatic rings. The summed E-state index contributed by atoms with van der Waals surface area (Å²) in [5.74, 6) is 1.89. The highest BCUT2D eigenvalue weighted by Gasteiger charge is 2.34. The Bertz CT molecular complexity index is 438. The molecule has 2 amide bonds. The fourth-order valence-corrected chi connectivity index (χ4v) is 3.15. The molecule has 0 aliphatic carbocycles. The van der Waals surface area contributed by atoms with Crippen molar-refractivity contribution in [3.05, 3.63) is 35.4 Å². The van der Waals surface area contributed by atoms with Crippen LogP contribution in [-0.4, -0.2) is 34.8 Å². The minimum atomic E-state index is -0.140. The van der Waals surface area contributed by atoms with Gasteiger partial charge in [-0.05, 0) is 36.5 Å². The van der Waals surface area contributed by atoms with Crippen molar-refractivity contribution < 1.29 is 9.59 Å². The second-order valence-corrected chi connectivity index (χ2v) is 5.85. The van der Waals surface area contributed by atoms with Crippen molar-refractivity contribution in [1.82, 2.24) is 4.90 Å². The van der Waals surface area contributed by atoms with Crippen molar-refractivity contribution in [3.63, 3.8) is 0 Å². The second kappa shape index (κ2) is 6.75. The molecule has 2 rings (SSSR count). The van der Waals surface area contributed by atoms with E-state index in [-0.39, 0.29) is 11.8 Å². The maximum atomic E-state index is 12.1. The van der Waals surface area contributed by atoms with Gasteiger partial charge in [-0.2, -0.15) is 11.8 Å². The Kier molecular flexibility index (Phi) is 5.02. The molecular weight excluding hydrogens is 258 g/mol. The van der Waals surface area contributed by atoms with Crippen LogP contribution in [0, 0.1) is 0 Å². The van der Waals surface area contributed by atoms with E-state index in [2.05, 4.69) is 6.92 Å². The van der Waals surface area contributed by atoms with Crippen LogP contribution < -0.4 is 0 Å². The summed E-state index contributed by atoms with van der Waals surface area (Å²) < 4.78 is 0. The zero-order valence-corrected chi connectivity index (χ0v) is 12.0. The quantitative estimate of drug-likeness (QED) is 0.567. The molecule has 1 aromatic carbocycles. The van der Waals surface area contributed by atoms with Crippen LogP contribution in [-0.2, 0) is 0 Å². The van der Waals surface area contributed by atoms with Gasteiger partial charge in [0.05, 0.1) is 11.1 Å². The van der Waals surface area contributed by atoms with Crippen molar-refractivity contribution in [2.45, 2.75) is 26.2 Å². The molecule has 1 heterocycles. The van der Waals surface area contributed by atoms with E-state index in [9.17, 15) is 9.59 Å². The van der Waals surface area contributed by atoms with Crippen LogP contribution in [0.15, 0.2) is 24.3 Å². The van der Waals surface area contributed by atoms with Crippen molar-refractivity contribution in [3.8, 4) is 0 Å². The van der Waals surface area contributed by atoms with Crippen molar-refractivity contribution in [2.24, 2.45) is 0 Å². The standard InChI is InChI=1S/C15H19NO2S/c1-2-3-10-19-11-6-9-16-14(17)12-7-4-5-8-13(12)15(16)18/h4-5,7-8H,2-3,6,9-11H2,1H3. The van der Waals surface area contributed by atoms with Crippen LogP contribution in [0.25, 0.3) is 0 Å². The number of hydrogen-bond donors (Lipinski definition) is 0. The van der Waals surface area contributed by atoms with Crippen LogP contribution >= 0.6 is 11.8 Å². The Labute approximate surface area is 118 Å². The van der Waals surface area contributed by atoms with E-state index in [1.54, 1.807) is 24.3 Å². The average Bonchev–Trinajstić information content (AvgIpc) is 2.68. The Hall–Kier alpha value is -1.29. The van der Waals surface area contributed by atoms with E-state index >= 15 is 0 Å². The SMILES string of the molecule is CCCCSCCCN1C(=O)c2ccccc2C1=O. The topological polar surface area (TPSA) is 37.4 Å². The van der Waals surface area contributed by atoms with E-state index < -0.39 is 0 Å². The highest BCUT2D eigenvalue weighted by molar-refractivity contribution is 7.99. The van der Waals surface area contributed by atoms with Gasteiger partial charge in [-0.15, -0.1) is 0 Å². The molecule has 102 valence electrons. The number of hydrogen-bond acceptors (Lipinski definition) is 3. The zero-order chi connectivity index (χ0) is 13.7. The van der Waals surface area contributed by atoms with Crippen molar-refractivity contribution in [2.75, 3.05) is 18.1 Å². The van der Waals surface area contributed by atoms with Gasteiger partial charge in [0.25, 0.3) is 11.8 Å². The van der Waals surface area contributed by atoms with Gasteiger partial charge in [-0.1, -0.05) is 25.5 Å². The minimum Gasteiger partial charge on any atom is -0.274 e. The largest absolute Gasteiger partial charge is 0.274 e. The Balaban J connectivity index is 1.83. The molecule has 0 spiro atoms. The number of imide groups is 1. The highest BCUT2D eigenvalue weighted by atomic mass is 32.2. The summed E-state index contributed by atoms with van der Waals surface area (Å²) in [7, 11) is 0. The van der Waals surface area contributed by atoms with E-state index in [0.717, 1.165) is 12.2 Å². The maximum absolute atomic E-state index is 12.1. The smallest absolute Gasteiger partial charge is 0.261 e. The number of rotatable bonds is 7. The monoisotopic (exact) mass is 277 g/mol. The predicted molar refractivity (Wildman–Crippen MR) is 78.7 cm³/mol. The molecule has 19 heavy (non-hydrogen) atoms. The number of carbonyl (C=O) groups excluding carboxylic acids is 2. The van der Waals surface area contributed by atoms with Gasteiger partial charge >= 0.3 is 0 Å². The molecule has 1 aliphatic heterocycles. The first kappa shape index (κ1) is 14.1. The zero-order valence-electron chi connectivity index (χ0n) is 11.2. The molecule has 0 aromatic heterocycles. The van der Waals surface area contributed by atoms with Gasteiger partial charge in [-0.3, -0.25) is 14.5 Å². The Morgan fingerprint density at radius 2 is 1.58 bits per heavy atom. The van der Waals surface area contributed by atoms with Gasteiger partial charge in [0.1, 0.15) is 0 Å². The van der Waals surface area contributed by atoms with Gasteiger partial charge in [0.2, 0.25) is 0 Å². The first-order chi connectivity index (χ1) is 9.25. The molecule has 0 unspecified atom stereocenters. The number of unbranched alkanes of at least 4 members (excludes halogenated alkanes) is 1. The number of benzene rings is 1. The third-order valence-corrected chi connectivity index (χ3v) is 4.35. The molecule has 4 heteroatoms. The molecule has 1 aromatic rings. The lowest BCUT2D eigenvalue weighted by Crippen LogP contribution is -2.31. The van der Waals surface area contributed by atoms with Crippen LogP contribution in [0.4, 0.5) is 0 Å². The minimum absolute atomic E-state index is 0.140. The molecular formula is C15H19NO2S. The van der Waals surface area contributed by atoms with Crippen LogP contribution in [0.5, 0.6) is 0 Å². The Morgan fingerprint density at radius 1 is 1.00 bits per heavy atom. The van der Waals surface area contributed by atoms with Crippen LogP contribution in [0.1, 0.15) is 46.9 Å². The first-order valence-electron chi connectivity index (χ1n) is 6.78. The maximum Gasteiger partial charge on any atom is 0.261 e. The number of amides is 2. The van der Waals surface area contributed by atoms with Gasteiger partial charge in [0.15, 0.2) is 0 Å². The number of thioether (sulfide) groups is 1. The Morgan fingerprint density at radius 3 is 2.16 bits per heavy atom. The third-order valence-electron chi connectivity index (χ3n) is 3.19. The summed E-state index contributed by atoms with van der Waals surface area (Å²) in [6, 6.07) is 7.05. The summed E-state index contributed by atoms with van der Waals surface area (Å²) in [4.78, 5) is 25.5. The molecule has 0 saturated heterocycles. The van der Waals surface area contributed by atoms with E-state index in [1.807, 2.05) is 11.8 Å². The molecule has 0 saturated carbocycles. The van der Waals surface area contributed by atoms with E-state index in [1.165, 1.54) is 23.5 Å². The first-order valence-corrected chi connectivity index (χ1v) is 7.94. The molecule has 0 radical (unpaired) electrons. The lowest BCUT2D eigenvalue weighted by atomic mass is 10.1. The molecule has 0 N–H and O–H groups in total. The second-order valence-electron chi connectivity index (χ2n) is 4.63. The normalized spacial score (nSPS) is 14.1. The molecule has 3 nitrogen and oxygen atoms in total. The lowest BCUT2D eigenvalue weighted by molar-refractivity contribution is 0.0655. The highest BCUT2D eigenvalue weighted by Crippen LogP contribution is 2.22. The lowest BCUT2D eigenvalue weighted by Gasteiger charge is -2.13. The summed E-state index contributed by atoms with van der Waals surface area (Å²) in [6.45, 7) is 2.71. The number of nitrogens with zero attached hydrogens (tertiary/aromatic N) is 1. The van der Waals surface area contributed by atoms with Crippen molar-refractivity contribution >= 4 is 23.6 Å². The van der Waals surface area contributed by atoms with Crippen molar-refractivity contribution in [1.29, 1.82) is 0 Å². The molecule has 0 bridgehead atoms. The average molecular weight is 277 g/mol. The van der Waals surface area contributed by atoms with Gasteiger partial charge in [0, 0.05) is 6.54 Å². The van der Waals surface area contributed by atoms with Crippen LogP contribution in [0.2, 0.25) is 0 Å². The van der Waals surface area contributed by atoms with Gasteiger partial charge < -0.3 is 0 Å². The summed E-state index contributed by atoms with van der Waals surface area (Å²) in [5.41, 5.74) is 1.09. The van der Waals surface area contributed by atoms with E-state index in [0.29, 0.717) is 17.7 Å². The predicted octanol–water partition coefficient (Wildman–Crippen LogP) is 3.21. The number of carbonyl (C=O) groups is 2.